The van der Waals surface area contributed by atoms with E-state index in [0.717, 1.165) is 23.2 Å². The van der Waals surface area contributed by atoms with Crippen LogP contribution in [0.15, 0.2) is 78.9 Å². The molecule has 0 bridgehead atoms. The monoisotopic (exact) mass is 443 g/mol. The van der Waals surface area contributed by atoms with Gasteiger partial charge in [-0.05, 0) is 49.7 Å². The van der Waals surface area contributed by atoms with Crippen LogP contribution in [0, 0.1) is 0 Å². The summed E-state index contributed by atoms with van der Waals surface area (Å²) in [5, 5.41) is 5.85. The molecule has 0 saturated heterocycles. The summed E-state index contributed by atoms with van der Waals surface area (Å²) in [4.78, 5) is 39.5. The van der Waals surface area contributed by atoms with Crippen molar-refractivity contribution in [3.05, 3.63) is 95.6 Å². The quantitative estimate of drug-likeness (QED) is 0.470. The molecule has 0 aliphatic carbocycles. The summed E-state index contributed by atoms with van der Waals surface area (Å²) in [6.07, 6.45) is 0.806. The number of amides is 2. The molecule has 6 nitrogen and oxygen atoms in total. The van der Waals surface area contributed by atoms with Crippen molar-refractivity contribution in [1.82, 2.24) is 4.90 Å². The summed E-state index contributed by atoms with van der Waals surface area (Å²) in [5.74, 6) is -0.566. The SMILES string of the molecule is CCc1ccccc1NC(=O)CN(C)C(C(=O)Nc1cccc(C(C)=O)c1)c1ccccc1. The standard InChI is InChI=1S/C27H29N3O3/c1-4-20-11-8-9-16-24(20)29-25(32)18-30(3)26(21-12-6-5-7-13-21)27(33)28-23-15-10-14-22(17-23)19(2)31/h5-17,26H,4,18H2,1-3H3,(H,28,33)(H,29,32). The van der Waals surface area contributed by atoms with E-state index in [9.17, 15) is 14.4 Å². The van der Waals surface area contributed by atoms with Gasteiger partial charge in [-0.2, -0.15) is 0 Å². The fraction of sp³-hybridized carbons (Fsp3) is 0.222. The third-order valence-electron chi connectivity index (χ3n) is 5.41. The summed E-state index contributed by atoms with van der Waals surface area (Å²) in [5.41, 5.74) is 3.65. The topological polar surface area (TPSA) is 78.5 Å². The van der Waals surface area contributed by atoms with E-state index in [0.29, 0.717) is 11.3 Å². The Morgan fingerprint density at radius 1 is 0.879 bits per heavy atom. The number of Topliss-reactive ketones (excluding diaryl/α,β-unsaturated/α-hetero) is 1. The molecule has 0 fully saturated rings. The van der Waals surface area contributed by atoms with Gasteiger partial charge in [0.25, 0.3) is 0 Å². The van der Waals surface area contributed by atoms with Gasteiger partial charge in [0.15, 0.2) is 5.78 Å². The summed E-state index contributed by atoms with van der Waals surface area (Å²) in [6, 6.07) is 23.1. The normalized spacial score (nSPS) is 11.6. The first-order valence-corrected chi connectivity index (χ1v) is 10.9. The van der Waals surface area contributed by atoms with Gasteiger partial charge >= 0.3 is 0 Å². The second-order valence-corrected chi connectivity index (χ2v) is 7.91. The lowest BCUT2D eigenvalue weighted by Crippen LogP contribution is -2.39. The number of hydrogen-bond donors (Lipinski definition) is 2. The van der Waals surface area contributed by atoms with E-state index in [2.05, 4.69) is 10.6 Å². The number of benzene rings is 3. The first-order valence-electron chi connectivity index (χ1n) is 10.9. The zero-order valence-electron chi connectivity index (χ0n) is 19.2. The van der Waals surface area contributed by atoms with E-state index in [-0.39, 0.29) is 24.1 Å². The number of carbonyl (C=O) groups excluding carboxylic acids is 3. The van der Waals surface area contributed by atoms with Gasteiger partial charge in [0.05, 0.1) is 6.54 Å². The third kappa shape index (κ3) is 6.37. The third-order valence-corrected chi connectivity index (χ3v) is 5.41. The van der Waals surface area contributed by atoms with Crippen LogP contribution in [0.25, 0.3) is 0 Å². The molecule has 3 rings (SSSR count). The number of para-hydroxylation sites is 1. The second-order valence-electron chi connectivity index (χ2n) is 7.91. The highest BCUT2D eigenvalue weighted by atomic mass is 16.2. The number of nitrogens with one attached hydrogen (secondary N) is 2. The molecule has 0 heterocycles. The number of anilines is 2. The van der Waals surface area contributed by atoms with Gasteiger partial charge in [0.2, 0.25) is 11.8 Å². The average molecular weight is 444 g/mol. The molecule has 0 aromatic heterocycles. The Hall–Kier alpha value is -3.77. The zero-order chi connectivity index (χ0) is 23.8. The van der Waals surface area contributed by atoms with Crippen molar-refractivity contribution < 1.29 is 14.4 Å². The number of ketones is 1. The minimum atomic E-state index is -0.695. The van der Waals surface area contributed by atoms with Crippen LogP contribution in [0.2, 0.25) is 0 Å². The number of carbonyl (C=O) groups is 3. The lowest BCUT2D eigenvalue weighted by molar-refractivity contribution is -0.123. The molecule has 6 heteroatoms. The Bertz CT molecular complexity index is 1130. The first-order chi connectivity index (χ1) is 15.9. The molecule has 1 atom stereocenters. The van der Waals surface area contributed by atoms with Crippen molar-refractivity contribution in [2.24, 2.45) is 0 Å². The number of hydrogen-bond acceptors (Lipinski definition) is 4. The van der Waals surface area contributed by atoms with Crippen molar-refractivity contribution in [3.8, 4) is 0 Å². The van der Waals surface area contributed by atoms with Crippen LogP contribution < -0.4 is 10.6 Å². The maximum Gasteiger partial charge on any atom is 0.246 e. The van der Waals surface area contributed by atoms with Gasteiger partial charge in [0, 0.05) is 16.9 Å². The lowest BCUT2D eigenvalue weighted by Gasteiger charge is -2.27. The average Bonchev–Trinajstić information content (AvgIpc) is 2.80. The molecule has 2 amide bonds. The van der Waals surface area contributed by atoms with Gasteiger partial charge in [0.1, 0.15) is 6.04 Å². The molecule has 3 aromatic rings. The van der Waals surface area contributed by atoms with Crippen LogP contribution in [0.3, 0.4) is 0 Å². The van der Waals surface area contributed by atoms with Crippen LogP contribution in [-0.4, -0.2) is 36.1 Å². The maximum absolute atomic E-state index is 13.3. The molecule has 3 aromatic carbocycles. The minimum absolute atomic E-state index is 0.0263. The van der Waals surface area contributed by atoms with E-state index >= 15 is 0 Å². The second kappa shape index (κ2) is 11.2. The highest BCUT2D eigenvalue weighted by Crippen LogP contribution is 2.23. The van der Waals surface area contributed by atoms with Gasteiger partial charge < -0.3 is 10.6 Å². The fourth-order valence-corrected chi connectivity index (χ4v) is 3.73. The van der Waals surface area contributed by atoms with Crippen LogP contribution in [0.5, 0.6) is 0 Å². The Balaban J connectivity index is 1.79. The van der Waals surface area contributed by atoms with Gasteiger partial charge in [-0.15, -0.1) is 0 Å². The Labute approximate surface area is 194 Å². The largest absolute Gasteiger partial charge is 0.325 e. The molecule has 2 N–H and O–H groups in total. The highest BCUT2D eigenvalue weighted by molar-refractivity contribution is 5.99. The van der Waals surface area contributed by atoms with Crippen LogP contribution in [0.1, 0.15) is 41.4 Å². The predicted octanol–water partition coefficient (Wildman–Crippen LogP) is 4.70. The minimum Gasteiger partial charge on any atom is -0.325 e. The maximum atomic E-state index is 13.3. The van der Waals surface area contributed by atoms with Crippen LogP contribution in [0.4, 0.5) is 11.4 Å². The first kappa shape index (κ1) is 23.9. The fourth-order valence-electron chi connectivity index (χ4n) is 3.73. The molecular formula is C27H29N3O3. The lowest BCUT2D eigenvalue weighted by atomic mass is 10.0. The molecule has 33 heavy (non-hydrogen) atoms. The summed E-state index contributed by atoms with van der Waals surface area (Å²) >= 11 is 0. The molecular weight excluding hydrogens is 414 g/mol. The number of aryl methyl sites for hydroxylation is 1. The van der Waals surface area contributed by atoms with Crippen LogP contribution >= 0.6 is 0 Å². The highest BCUT2D eigenvalue weighted by Gasteiger charge is 2.27. The van der Waals surface area contributed by atoms with E-state index in [1.165, 1.54) is 6.92 Å². The van der Waals surface area contributed by atoms with Crippen molar-refractivity contribution in [3.63, 3.8) is 0 Å². The van der Waals surface area contributed by atoms with E-state index in [1.807, 2.05) is 61.5 Å². The molecule has 0 radical (unpaired) electrons. The number of rotatable bonds is 9. The number of likely N-dealkylation sites (N-methyl/N-ethyl adjacent to an activating group) is 1. The van der Waals surface area contributed by atoms with Crippen molar-refractivity contribution >= 4 is 29.0 Å². The van der Waals surface area contributed by atoms with Crippen molar-refractivity contribution in [1.29, 1.82) is 0 Å². The summed E-state index contributed by atoms with van der Waals surface area (Å²) < 4.78 is 0. The molecule has 0 aliphatic rings. The Kier molecular flexibility index (Phi) is 8.11. The van der Waals surface area contributed by atoms with Gasteiger partial charge in [-0.1, -0.05) is 67.6 Å². The van der Waals surface area contributed by atoms with Crippen molar-refractivity contribution in [2.45, 2.75) is 26.3 Å². The van der Waals surface area contributed by atoms with Crippen molar-refractivity contribution in [2.75, 3.05) is 24.2 Å². The van der Waals surface area contributed by atoms with Crippen LogP contribution in [-0.2, 0) is 16.0 Å². The molecule has 1 unspecified atom stereocenters. The summed E-state index contributed by atoms with van der Waals surface area (Å²) in [7, 11) is 1.74. The van der Waals surface area contributed by atoms with E-state index in [1.54, 1.807) is 36.2 Å². The Morgan fingerprint density at radius 2 is 1.58 bits per heavy atom. The van der Waals surface area contributed by atoms with E-state index in [4.69, 9.17) is 0 Å². The Morgan fingerprint density at radius 3 is 2.27 bits per heavy atom. The van der Waals surface area contributed by atoms with E-state index < -0.39 is 6.04 Å². The molecule has 0 saturated carbocycles. The molecule has 0 aliphatic heterocycles. The predicted molar refractivity (Wildman–Crippen MR) is 131 cm³/mol. The number of nitrogens with zero attached hydrogens (tertiary/aromatic N) is 1. The summed E-state index contributed by atoms with van der Waals surface area (Å²) in [6.45, 7) is 3.54. The zero-order valence-corrected chi connectivity index (χ0v) is 19.2. The molecule has 0 spiro atoms. The molecule has 170 valence electrons. The van der Waals surface area contributed by atoms with Gasteiger partial charge in [-0.3, -0.25) is 19.3 Å². The van der Waals surface area contributed by atoms with Gasteiger partial charge in [-0.25, -0.2) is 0 Å². The smallest absolute Gasteiger partial charge is 0.246 e.